The van der Waals surface area contributed by atoms with Gasteiger partial charge in [-0.15, -0.1) is 0 Å². The molecule has 0 spiro atoms. The first-order valence-corrected chi connectivity index (χ1v) is 7.82. The number of allylic oxidation sites excluding steroid dienone is 2. The lowest BCUT2D eigenvalue weighted by atomic mass is 10.0. The molecule has 100 valence electrons. The van der Waals surface area contributed by atoms with E-state index in [0.717, 1.165) is 19.4 Å². The molecule has 2 heteroatoms. The van der Waals surface area contributed by atoms with Gasteiger partial charge < -0.3 is 4.90 Å². The highest BCUT2D eigenvalue weighted by atomic mass is 16.1. The molecule has 0 N–H and O–H groups in total. The van der Waals surface area contributed by atoms with Crippen molar-refractivity contribution in [1.29, 1.82) is 0 Å². The van der Waals surface area contributed by atoms with Crippen LogP contribution in [-0.4, -0.2) is 30.3 Å². The topological polar surface area (TPSA) is 20.3 Å². The quantitative estimate of drug-likeness (QED) is 0.698. The molecule has 1 heterocycles. The van der Waals surface area contributed by atoms with Gasteiger partial charge >= 0.3 is 0 Å². The predicted octanol–water partition coefficient (Wildman–Crippen LogP) is 3.32. The van der Waals surface area contributed by atoms with Crippen LogP contribution in [0.25, 0.3) is 0 Å². The second-order valence-electron chi connectivity index (χ2n) is 6.25. The Hall–Kier alpha value is -0.630. The van der Waals surface area contributed by atoms with Crippen molar-refractivity contribution in [2.45, 2.75) is 57.8 Å². The molecular formula is C16H25NO. The smallest absolute Gasteiger partial charge is 0.163 e. The van der Waals surface area contributed by atoms with Gasteiger partial charge in [-0.25, -0.2) is 0 Å². The Morgan fingerprint density at radius 3 is 2.39 bits per heavy atom. The van der Waals surface area contributed by atoms with E-state index in [0.29, 0.717) is 11.7 Å². The minimum absolute atomic E-state index is 0.325. The van der Waals surface area contributed by atoms with E-state index in [4.69, 9.17) is 0 Å². The van der Waals surface area contributed by atoms with E-state index >= 15 is 0 Å². The first kappa shape index (κ1) is 12.4. The van der Waals surface area contributed by atoms with Crippen LogP contribution in [0.4, 0.5) is 0 Å². The zero-order valence-electron chi connectivity index (χ0n) is 11.4. The zero-order chi connectivity index (χ0) is 12.4. The van der Waals surface area contributed by atoms with Gasteiger partial charge in [0.25, 0.3) is 0 Å². The zero-order valence-corrected chi connectivity index (χ0v) is 11.4. The third-order valence-electron chi connectivity index (χ3n) is 4.97. The third-order valence-corrected chi connectivity index (χ3v) is 4.97. The summed E-state index contributed by atoms with van der Waals surface area (Å²) in [6.45, 7) is 3.47. The highest BCUT2D eigenvalue weighted by Gasteiger charge is 2.33. The molecule has 3 aliphatic rings. The SMILES string of the molecule is O=C1C(=C2CCCC2)CCC1CN1CCCCC1. The molecule has 1 saturated heterocycles. The van der Waals surface area contributed by atoms with E-state index < -0.39 is 0 Å². The standard InChI is InChI=1S/C16H25NO/c18-16-14(12-17-10-4-1-5-11-17)8-9-15(16)13-6-2-3-7-13/h14H,1-12H2. The van der Waals surface area contributed by atoms with Crippen molar-refractivity contribution in [3.63, 3.8) is 0 Å². The van der Waals surface area contributed by atoms with E-state index in [1.165, 1.54) is 69.2 Å². The lowest BCUT2D eigenvalue weighted by molar-refractivity contribution is -0.118. The summed E-state index contributed by atoms with van der Waals surface area (Å²) in [4.78, 5) is 15.0. The molecule has 18 heavy (non-hydrogen) atoms. The van der Waals surface area contributed by atoms with Crippen molar-refractivity contribution >= 4 is 5.78 Å². The van der Waals surface area contributed by atoms with Crippen LogP contribution in [0, 0.1) is 5.92 Å². The van der Waals surface area contributed by atoms with E-state index in [1.54, 1.807) is 0 Å². The van der Waals surface area contributed by atoms with Gasteiger partial charge in [0.05, 0.1) is 0 Å². The summed E-state index contributed by atoms with van der Waals surface area (Å²) in [5.41, 5.74) is 2.76. The lowest BCUT2D eigenvalue weighted by Gasteiger charge is -2.28. The molecule has 0 amide bonds. The van der Waals surface area contributed by atoms with Crippen LogP contribution in [0.5, 0.6) is 0 Å². The Balaban J connectivity index is 1.61. The molecule has 0 aromatic heterocycles. The maximum Gasteiger partial charge on any atom is 0.163 e. The third kappa shape index (κ3) is 2.54. The first-order chi connectivity index (χ1) is 8.84. The molecule has 1 aliphatic heterocycles. The highest BCUT2D eigenvalue weighted by molar-refractivity contribution is 6.00. The van der Waals surface area contributed by atoms with Gasteiger partial charge in [-0.2, -0.15) is 0 Å². The lowest BCUT2D eigenvalue weighted by Crippen LogP contribution is -2.35. The van der Waals surface area contributed by atoms with Gasteiger partial charge in [0, 0.05) is 12.5 Å². The molecule has 0 aromatic rings. The fraction of sp³-hybridized carbons (Fsp3) is 0.812. The molecule has 3 rings (SSSR count). The molecule has 2 aliphatic carbocycles. The fourth-order valence-corrected chi connectivity index (χ4v) is 3.90. The van der Waals surface area contributed by atoms with Gasteiger partial charge in [0.1, 0.15) is 0 Å². The van der Waals surface area contributed by atoms with Crippen molar-refractivity contribution in [1.82, 2.24) is 4.90 Å². The summed E-state index contributed by atoms with van der Waals surface area (Å²) in [7, 11) is 0. The Bertz CT molecular complexity index is 344. The number of carbonyl (C=O) groups excluding carboxylic acids is 1. The number of likely N-dealkylation sites (tertiary alicyclic amines) is 1. The van der Waals surface area contributed by atoms with E-state index in [-0.39, 0.29) is 0 Å². The summed E-state index contributed by atoms with van der Waals surface area (Å²) in [5.74, 6) is 0.837. The average molecular weight is 247 g/mol. The summed E-state index contributed by atoms with van der Waals surface area (Å²) < 4.78 is 0. The van der Waals surface area contributed by atoms with Crippen molar-refractivity contribution in [2.75, 3.05) is 19.6 Å². The number of rotatable bonds is 2. The van der Waals surface area contributed by atoms with Crippen molar-refractivity contribution in [2.24, 2.45) is 5.92 Å². The van der Waals surface area contributed by atoms with E-state index in [1.807, 2.05) is 0 Å². The largest absolute Gasteiger partial charge is 0.303 e. The number of hydrogen-bond acceptors (Lipinski definition) is 2. The van der Waals surface area contributed by atoms with Gasteiger partial charge in [0.15, 0.2) is 5.78 Å². The molecular weight excluding hydrogens is 222 g/mol. The van der Waals surface area contributed by atoms with Crippen LogP contribution in [-0.2, 0) is 4.79 Å². The maximum absolute atomic E-state index is 12.5. The molecule has 1 atom stereocenters. The Kier molecular flexibility index (Phi) is 3.83. The molecule has 1 unspecified atom stereocenters. The van der Waals surface area contributed by atoms with E-state index in [9.17, 15) is 4.79 Å². The van der Waals surface area contributed by atoms with Crippen LogP contribution in [0.2, 0.25) is 0 Å². The number of hydrogen-bond donors (Lipinski definition) is 0. The number of Topliss-reactive ketones (excluding diaryl/α,β-unsaturated/α-hetero) is 1. The van der Waals surface area contributed by atoms with Crippen molar-refractivity contribution in [3.05, 3.63) is 11.1 Å². The van der Waals surface area contributed by atoms with Crippen molar-refractivity contribution in [3.8, 4) is 0 Å². The van der Waals surface area contributed by atoms with E-state index in [2.05, 4.69) is 4.90 Å². The van der Waals surface area contributed by atoms with Crippen molar-refractivity contribution < 1.29 is 4.79 Å². The molecule has 0 bridgehead atoms. The highest BCUT2D eigenvalue weighted by Crippen LogP contribution is 2.36. The van der Waals surface area contributed by atoms with Crippen LogP contribution >= 0.6 is 0 Å². The molecule has 2 saturated carbocycles. The summed E-state index contributed by atoms with van der Waals surface area (Å²) in [6, 6.07) is 0. The fourth-order valence-electron chi connectivity index (χ4n) is 3.90. The minimum atomic E-state index is 0.325. The van der Waals surface area contributed by atoms with Gasteiger partial charge in [-0.05, 0) is 70.0 Å². The average Bonchev–Trinajstić information content (AvgIpc) is 3.02. The molecule has 0 aromatic carbocycles. The Labute approximate surface area is 110 Å². The number of carbonyl (C=O) groups is 1. The number of piperidine rings is 1. The summed E-state index contributed by atoms with van der Waals surface area (Å²) in [5, 5.41) is 0. The second-order valence-corrected chi connectivity index (χ2v) is 6.25. The summed E-state index contributed by atoms with van der Waals surface area (Å²) in [6.07, 6.45) is 11.3. The van der Waals surface area contributed by atoms with Crippen LogP contribution in [0.1, 0.15) is 57.8 Å². The van der Waals surface area contributed by atoms with Crippen LogP contribution in [0.3, 0.4) is 0 Å². The molecule has 3 fully saturated rings. The molecule has 2 nitrogen and oxygen atoms in total. The second kappa shape index (κ2) is 5.56. The Morgan fingerprint density at radius 2 is 1.67 bits per heavy atom. The van der Waals surface area contributed by atoms with Crippen LogP contribution < -0.4 is 0 Å². The van der Waals surface area contributed by atoms with Gasteiger partial charge in [-0.3, -0.25) is 4.79 Å². The van der Waals surface area contributed by atoms with Crippen LogP contribution in [0.15, 0.2) is 11.1 Å². The molecule has 0 radical (unpaired) electrons. The maximum atomic E-state index is 12.5. The minimum Gasteiger partial charge on any atom is -0.303 e. The number of nitrogens with zero attached hydrogens (tertiary/aromatic N) is 1. The van der Waals surface area contributed by atoms with Gasteiger partial charge in [0.2, 0.25) is 0 Å². The van der Waals surface area contributed by atoms with Gasteiger partial charge in [-0.1, -0.05) is 12.0 Å². The first-order valence-electron chi connectivity index (χ1n) is 7.82. The normalized spacial score (nSPS) is 30.4. The Morgan fingerprint density at radius 1 is 0.944 bits per heavy atom. The monoisotopic (exact) mass is 247 g/mol. The number of ketones is 1. The predicted molar refractivity (Wildman–Crippen MR) is 73.5 cm³/mol. The summed E-state index contributed by atoms with van der Waals surface area (Å²) >= 11 is 0.